The van der Waals surface area contributed by atoms with Gasteiger partial charge in [-0.25, -0.2) is 0 Å². The van der Waals surface area contributed by atoms with Crippen molar-refractivity contribution in [2.24, 2.45) is 0 Å². The van der Waals surface area contributed by atoms with Gasteiger partial charge in [0.05, 0.1) is 29.5 Å². The van der Waals surface area contributed by atoms with Crippen LogP contribution in [0, 0.1) is 0 Å². The number of halogens is 1. The summed E-state index contributed by atoms with van der Waals surface area (Å²) in [7, 11) is 1.71. The lowest BCUT2D eigenvalue weighted by Crippen LogP contribution is -2.37. The number of ether oxygens (including phenoxy) is 1. The van der Waals surface area contributed by atoms with Crippen LogP contribution in [0.4, 0.5) is 0 Å². The van der Waals surface area contributed by atoms with Crippen LogP contribution in [0.5, 0.6) is 0 Å². The van der Waals surface area contributed by atoms with E-state index in [1.54, 1.807) is 7.11 Å². The third-order valence-corrected chi connectivity index (χ3v) is 3.73. The highest BCUT2D eigenvalue weighted by molar-refractivity contribution is 9.10. The van der Waals surface area contributed by atoms with Gasteiger partial charge in [-0.05, 0) is 22.9 Å². The maximum Gasteiger partial charge on any atom is 0.0658 e. The standard InChI is InChI=1S/C13H24BrN3O/c1-9(2)16-11(4)10(3)13-12(14)8-15-17(13)6-7-18-5/h8-11,16H,6-7H2,1-5H3. The van der Waals surface area contributed by atoms with Crippen LogP contribution >= 0.6 is 15.9 Å². The SMILES string of the molecule is COCCn1ncc(Br)c1C(C)C(C)NC(C)C. The topological polar surface area (TPSA) is 39.1 Å². The predicted octanol–water partition coefficient (Wildman–Crippen LogP) is 2.78. The second-order valence-electron chi connectivity index (χ2n) is 4.99. The molecule has 2 unspecified atom stereocenters. The molecule has 0 radical (unpaired) electrons. The first kappa shape index (κ1) is 15.7. The third kappa shape index (κ3) is 4.07. The van der Waals surface area contributed by atoms with Crippen molar-refractivity contribution in [2.75, 3.05) is 13.7 Å². The van der Waals surface area contributed by atoms with Crippen molar-refractivity contribution in [3.63, 3.8) is 0 Å². The molecule has 4 nitrogen and oxygen atoms in total. The molecule has 0 amide bonds. The van der Waals surface area contributed by atoms with E-state index in [0.717, 1.165) is 11.0 Å². The molecule has 5 heteroatoms. The molecule has 0 aromatic carbocycles. The summed E-state index contributed by atoms with van der Waals surface area (Å²) in [5.41, 5.74) is 1.23. The van der Waals surface area contributed by atoms with Gasteiger partial charge in [0.2, 0.25) is 0 Å². The highest BCUT2D eigenvalue weighted by atomic mass is 79.9. The number of methoxy groups -OCH3 is 1. The summed E-state index contributed by atoms with van der Waals surface area (Å²) in [5, 5.41) is 7.95. The Morgan fingerprint density at radius 1 is 1.39 bits per heavy atom. The van der Waals surface area contributed by atoms with E-state index in [4.69, 9.17) is 4.74 Å². The fraction of sp³-hybridized carbons (Fsp3) is 0.769. The molecule has 0 fully saturated rings. The van der Waals surface area contributed by atoms with E-state index in [1.165, 1.54) is 5.69 Å². The van der Waals surface area contributed by atoms with E-state index in [2.05, 4.69) is 54.0 Å². The maximum absolute atomic E-state index is 5.12. The summed E-state index contributed by atoms with van der Waals surface area (Å²) in [5.74, 6) is 0.390. The fourth-order valence-electron chi connectivity index (χ4n) is 2.09. The zero-order valence-electron chi connectivity index (χ0n) is 11.9. The van der Waals surface area contributed by atoms with Gasteiger partial charge in [-0.15, -0.1) is 0 Å². The van der Waals surface area contributed by atoms with Crippen LogP contribution in [0.15, 0.2) is 10.7 Å². The van der Waals surface area contributed by atoms with Crippen molar-refractivity contribution >= 4 is 15.9 Å². The van der Waals surface area contributed by atoms with Crippen molar-refractivity contribution in [1.29, 1.82) is 0 Å². The smallest absolute Gasteiger partial charge is 0.0658 e. The molecule has 0 saturated carbocycles. The lowest BCUT2D eigenvalue weighted by molar-refractivity contribution is 0.181. The van der Waals surface area contributed by atoms with Gasteiger partial charge in [0.15, 0.2) is 0 Å². The Kier molecular flexibility index (Phi) is 6.32. The van der Waals surface area contributed by atoms with Crippen molar-refractivity contribution < 1.29 is 4.74 Å². The Balaban J connectivity index is 2.82. The van der Waals surface area contributed by atoms with E-state index < -0.39 is 0 Å². The zero-order valence-corrected chi connectivity index (χ0v) is 13.5. The van der Waals surface area contributed by atoms with Gasteiger partial charge in [0.1, 0.15) is 0 Å². The van der Waals surface area contributed by atoms with E-state index >= 15 is 0 Å². The Morgan fingerprint density at radius 3 is 2.61 bits per heavy atom. The molecule has 18 heavy (non-hydrogen) atoms. The quantitative estimate of drug-likeness (QED) is 0.840. The molecule has 1 rings (SSSR count). The number of hydrogen-bond acceptors (Lipinski definition) is 3. The first-order chi connectivity index (χ1) is 8.47. The largest absolute Gasteiger partial charge is 0.383 e. The third-order valence-electron chi connectivity index (χ3n) is 3.12. The van der Waals surface area contributed by atoms with E-state index in [1.807, 2.05) is 10.9 Å². The molecule has 104 valence electrons. The molecule has 0 aliphatic carbocycles. The molecule has 1 aromatic heterocycles. The summed E-state index contributed by atoms with van der Waals surface area (Å²) in [6, 6.07) is 0.885. The van der Waals surface area contributed by atoms with E-state index in [-0.39, 0.29) is 0 Å². The lowest BCUT2D eigenvalue weighted by Gasteiger charge is -2.25. The number of aromatic nitrogens is 2. The highest BCUT2D eigenvalue weighted by Crippen LogP contribution is 2.27. The van der Waals surface area contributed by atoms with Gasteiger partial charge in [0.25, 0.3) is 0 Å². The normalized spacial score (nSPS) is 15.1. The van der Waals surface area contributed by atoms with Crippen LogP contribution in [0.1, 0.15) is 39.3 Å². The molecule has 0 aliphatic rings. The fourth-order valence-corrected chi connectivity index (χ4v) is 2.74. The highest BCUT2D eigenvalue weighted by Gasteiger charge is 2.21. The number of nitrogens with zero attached hydrogens (tertiary/aromatic N) is 2. The molecule has 1 aromatic rings. The van der Waals surface area contributed by atoms with E-state index in [0.29, 0.717) is 24.6 Å². The molecule has 0 bridgehead atoms. The minimum Gasteiger partial charge on any atom is -0.383 e. The average Bonchev–Trinajstić information content (AvgIpc) is 2.66. The Bertz CT molecular complexity index is 365. The number of hydrogen-bond donors (Lipinski definition) is 1. The summed E-state index contributed by atoms with van der Waals surface area (Å²) in [6.07, 6.45) is 1.86. The monoisotopic (exact) mass is 317 g/mol. The van der Waals surface area contributed by atoms with Gasteiger partial charge in [-0.3, -0.25) is 4.68 Å². The maximum atomic E-state index is 5.12. The molecule has 2 atom stereocenters. The van der Waals surface area contributed by atoms with E-state index in [9.17, 15) is 0 Å². The van der Waals surface area contributed by atoms with Crippen LogP contribution in [-0.2, 0) is 11.3 Å². The summed E-state index contributed by atoms with van der Waals surface area (Å²) in [4.78, 5) is 0. The van der Waals surface area contributed by atoms with Gasteiger partial charge in [0, 0.05) is 25.1 Å². The first-order valence-electron chi connectivity index (χ1n) is 6.43. The number of nitrogens with one attached hydrogen (secondary N) is 1. The summed E-state index contributed by atoms with van der Waals surface area (Å²) < 4.78 is 8.22. The van der Waals surface area contributed by atoms with Gasteiger partial charge in [-0.1, -0.05) is 20.8 Å². The second kappa shape index (κ2) is 7.26. The molecule has 1 N–H and O–H groups in total. The Hall–Kier alpha value is -0.390. The Labute approximate surface area is 118 Å². The van der Waals surface area contributed by atoms with Crippen LogP contribution in [0.25, 0.3) is 0 Å². The number of rotatable bonds is 7. The first-order valence-corrected chi connectivity index (χ1v) is 7.22. The predicted molar refractivity (Wildman–Crippen MR) is 78.0 cm³/mol. The Morgan fingerprint density at radius 2 is 2.06 bits per heavy atom. The van der Waals surface area contributed by atoms with Crippen LogP contribution < -0.4 is 5.32 Å². The average molecular weight is 318 g/mol. The van der Waals surface area contributed by atoms with Gasteiger partial charge in [-0.2, -0.15) is 5.10 Å². The van der Waals surface area contributed by atoms with Gasteiger partial charge < -0.3 is 10.1 Å². The molecule has 0 saturated heterocycles. The minimum absolute atomic E-state index is 0.390. The molecule has 1 heterocycles. The van der Waals surface area contributed by atoms with Crippen molar-refractivity contribution in [3.8, 4) is 0 Å². The second-order valence-corrected chi connectivity index (χ2v) is 5.85. The van der Waals surface area contributed by atoms with Crippen molar-refractivity contribution in [2.45, 2.75) is 52.2 Å². The minimum atomic E-state index is 0.390. The van der Waals surface area contributed by atoms with Crippen LogP contribution in [-0.4, -0.2) is 35.6 Å². The molecular weight excluding hydrogens is 294 g/mol. The van der Waals surface area contributed by atoms with Crippen molar-refractivity contribution in [3.05, 3.63) is 16.4 Å². The molecular formula is C13H24BrN3O. The summed E-state index contributed by atoms with van der Waals surface area (Å²) in [6.45, 7) is 10.2. The lowest BCUT2D eigenvalue weighted by atomic mass is 9.99. The van der Waals surface area contributed by atoms with Crippen LogP contribution in [0.3, 0.4) is 0 Å². The molecule has 0 aliphatic heterocycles. The van der Waals surface area contributed by atoms with Gasteiger partial charge >= 0.3 is 0 Å². The zero-order chi connectivity index (χ0) is 13.7. The van der Waals surface area contributed by atoms with Crippen molar-refractivity contribution in [1.82, 2.24) is 15.1 Å². The molecule has 0 spiro atoms. The van der Waals surface area contributed by atoms with Crippen LogP contribution in [0.2, 0.25) is 0 Å². The summed E-state index contributed by atoms with van der Waals surface area (Å²) >= 11 is 3.59.